The van der Waals surface area contributed by atoms with Gasteiger partial charge in [0.2, 0.25) is 5.91 Å². The molecule has 1 fully saturated rings. The van der Waals surface area contributed by atoms with E-state index in [2.05, 4.69) is 59.4 Å². The van der Waals surface area contributed by atoms with Gasteiger partial charge in [0.15, 0.2) is 0 Å². The summed E-state index contributed by atoms with van der Waals surface area (Å²) in [6.45, 7) is 8.19. The van der Waals surface area contributed by atoms with Gasteiger partial charge in [-0.1, -0.05) is 50.2 Å². The van der Waals surface area contributed by atoms with E-state index in [-0.39, 0.29) is 17.4 Å². The standard InChI is InChI=1S/C23H31N3O2/c1-23(2,20-8-4-3-5-9-20)11-10-22(27)25-18-21(19-7-6-12-24-17-19)26-13-15-28-16-14-26/h3-9,12,17,21H,10-11,13-16,18H2,1-2H3,(H,25,27). The van der Waals surface area contributed by atoms with Gasteiger partial charge in [-0.2, -0.15) is 0 Å². The molecule has 150 valence electrons. The van der Waals surface area contributed by atoms with Crippen LogP contribution >= 0.6 is 0 Å². The first-order chi connectivity index (χ1) is 13.6. The van der Waals surface area contributed by atoms with E-state index in [9.17, 15) is 4.79 Å². The fraction of sp³-hybridized carbons (Fsp3) is 0.478. The molecule has 0 aliphatic carbocycles. The third kappa shape index (κ3) is 5.63. The average molecular weight is 382 g/mol. The second-order valence-corrected chi connectivity index (χ2v) is 8.00. The molecule has 0 radical (unpaired) electrons. The van der Waals surface area contributed by atoms with Crippen LogP contribution in [0.5, 0.6) is 0 Å². The highest BCUT2D eigenvalue weighted by molar-refractivity contribution is 5.76. The van der Waals surface area contributed by atoms with Crippen LogP contribution in [0.25, 0.3) is 0 Å². The lowest BCUT2D eigenvalue weighted by atomic mass is 9.80. The van der Waals surface area contributed by atoms with Gasteiger partial charge in [-0.05, 0) is 29.0 Å². The zero-order chi connectivity index (χ0) is 19.8. The van der Waals surface area contributed by atoms with Crippen LogP contribution in [0.1, 0.15) is 43.9 Å². The normalized spacial score (nSPS) is 16.5. The van der Waals surface area contributed by atoms with Gasteiger partial charge in [0.1, 0.15) is 0 Å². The highest BCUT2D eigenvalue weighted by Gasteiger charge is 2.25. The predicted octanol–water partition coefficient (Wildman–Crippen LogP) is 3.33. The average Bonchev–Trinajstić information content (AvgIpc) is 2.75. The minimum Gasteiger partial charge on any atom is -0.379 e. The minimum atomic E-state index is -0.0223. The lowest BCUT2D eigenvalue weighted by molar-refractivity contribution is -0.121. The first-order valence-electron chi connectivity index (χ1n) is 10.1. The maximum atomic E-state index is 12.6. The van der Waals surface area contributed by atoms with Gasteiger partial charge in [-0.3, -0.25) is 14.7 Å². The number of amides is 1. The van der Waals surface area contributed by atoms with Crippen molar-refractivity contribution in [1.82, 2.24) is 15.2 Å². The zero-order valence-electron chi connectivity index (χ0n) is 16.9. The Labute approximate surface area is 168 Å². The van der Waals surface area contributed by atoms with Crippen molar-refractivity contribution in [2.45, 2.75) is 38.1 Å². The summed E-state index contributed by atoms with van der Waals surface area (Å²) in [4.78, 5) is 19.2. The van der Waals surface area contributed by atoms with Gasteiger partial charge < -0.3 is 10.1 Å². The van der Waals surface area contributed by atoms with E-state index in [0.29, 0.717) is 13.0 Å². The van der Waals surface area contributed by atoms with E-state index in [1.54, 1.807) is 6.20 Å². The fourth-order valence-corrected chi connectivity index (χ4v) is 3.68. The molecule has 0 spiro atoms. The van der Waals surface area contributed by atoms with E-state index in [1.165, 1.54) is 5.56 Å². The molecular formula is C23H31N3O2. The number of hydrogen-bond donors (Lipinski definition) is 1. The van der Waals surface area contributed by atoms with Gasteiger partial charge >= 0.3 is 0 Å². The SMILES string of the molecule is CC(C)(CCC(=O)NCC(c1cccnc1)N1CCOCC1)c1ccccc1. The number of aromatic nitrogens is 1. The number of hydrogen-bond acceptors (Lipinski definition) is 4. The van der Waals surface area contributed by atoms with Crippen LogP contribution in [0, 0.1) is 0 Å². The van der Waals surface area contributed by atoms with Crippen molar-refractivity contribution < 1.29 is 9.53 Å². The minimum absolute atomic E-state index is 0.0223. The molecule has 1 atom stereocenters. The third-order valence-electron chi connectivity index (χ3n) is 5.58. The van der Waals surface area contributed by atoms with E-state index in [0.717, 1.165) is 38.3 Å². The van der Waals surface area contributed by atoms with Crippen molar-refractivity contribution in [3.8, 4) is 0 Å². The van der Waals surface area contributed by atoms with Crippen LogP contribution in [0.2, 0.25) is 0 Å². The maximum absolute atomic E-state index is 12.6. The highest BCUT2D eigenvalue weighted by atomic mass is 16.5. The van der Waals surface area contributed by atoms with Crippen molar-refractivity contribution >= 4 is 5.91 Å². The molecule has 1 aromatic heterocycles. The molecule has 2 aromatic rings. The Bertz CT molecular complexity index is 728. The van der Waals surface area contributed by atoms with Crippen molar-refractivity contribution in [1.29, 1.82) is 0 Å². The molecule has 1 saturated heterocycles. The Kier molecular flexibility index (Phi) is 7.18. The topological polar surface area (TPSA) is 54.5 Å². The predicted molar refractivity (Wildman–Crippen MR) is 111 cm³/mol. The number of benzene rings is 1. The molecule has 5 heteroatoms. The third-order valence-corrected chi connectivity index (χ3v) is 5.58. The zero-order valence-corrected chi connectivity index (χ0v) is 16.9. The number of rotatable bonds is 8. The van der Waals surface area contributed by atoms with Crippen LogP contribution in [0.4, 0.5) is 0 Å². The maximum Gasteiger partial charge on any atom is 0.220 e. The van der Waals surface area contributed by atoms with Crippen LogP contribution < -0.4 is 5.32 Å². The Morgan fingerprint density at radius 1 is 1.18 bits per heavy atom. The molecule has 1 aromatic carbocycles. The summed E-state index contributed by atoms with van der Waals surface area (Å²) in [5, 5.41) is 3.15. The summed E-state index contributed by atoms with van der Waals surface area (Å²) in [6.07, 6.45) is 5.01. The number of nitrogens with zero attached hydrogens (tertiary/aromatic N) is 2. The van der Waals surface area contributed by atoms with Crippen molar-refractivity contribution in [2.75, 3.05) is 32.8 Å². The van der Waals surface area contributed by atoms with E-state index < -0.39 is 0 Å². The summed E-state index contributed by atoms with van der Waals surface area (Å²) >= 11 is 0. The molecule has 0 saturated carbocycles. The molecule has 1 amide bonds. The van der Waals surface area contributed by atoms with Crippen LogP contribution in [0.3, 0.4) is 0 Å². The second kappa shape index (κ2) is 9.80. The molecule has 5 nitrogen and oxygen atoms in total. The van der Waals surface area contributed by atoms with Gasteiger partial charge in [0.05, 0.1) is 19.3 Å². The number of ether oxygens (including phenoxy) is 1. The van der Waals surface area contributed by atoms with Crippen molar-refractivity contribution in [3.05, 3.63) is 66.0 Å². The summed E-state index contributed by atoms with van der Waals surface area (Å²) in [5.74, 6) is 0.103. The molecule has 28 heavy (non-hydrogen) atoms. The number of carbonyl (C=O) groups is 1. The van der Waals surface area contributed by atoms with Crippen LogP contribution in [-0.4, -0.2) is 48.6 Å². The van der Waals surface area contributed by atoms with E-state index >= 15 is 0 Å². The largest absolute Gasteiger partial charge is 0.379 e. The number of pyridine rings is 1. The molecular weight excluding hydrogens is 350 g/mol. The monoisotopic (exact) mass is 381 g/mol. The molecule has 0 bridgehead atoms. The smallest absolute Gasteiger partial charge is 0.220 e. The Hall–Kier alpha value is -2.24. The van der Waals surface area contributed by atoms with E-state index in [1.807, 2.05) is 18.3 Å². The van der Waals surface area contributed by atoms with Crippen molar-refractivity contribution in [2.24, 2.45) is 0 Å². The molecule has 3 rings (SSSR count). The molecule has 1 unspecified atom stereocenters. The summed E-state index contributed by atoms with van der Waals surface area (Å²) in [5.41, 5.74) is 2.38. The first kappa shape index (κ1) is 20.5. The van der Waals surface area contributed by atoms with Gasteiger partial charge in [-0.15, -0.1) is 0 Å². The van der Waals surface area contributed by atoms with Crippen LogP contribution in [0.15, 0.2) is 54.9 Å². The molecule has 1 N–H and O–H groups in total. The number of nitrogens with one attached hydrogen (secondary N) is 1. The number of morpholine rings is 1. The lowest BCUT2D eigenvalue weighted by Crippen LogP contribution is -2.44. The molecule has 1 aliphatic rings. The Morgan fingerprint density at radius 2 is 1.93 bits per heavy atom. The second-order valence-electron chi connectivity index (χ2n) is 8.00. The number of carbonyl (C=O) groups excluding carboxylic acids is 1. The first-order valence-corrected chi connectivity index (χ1v) is 10.1. The Balaban J connectivity index is 1.56. The van der Waals surface area contributed by atoms with Gasteiger partial charge in [-0.25, -0.2) is 0 Å². The van der Waals surface area contributed by atoms with E-state index in [4.69, 9.17) is 4.74 Å². The molecule has 2 heterocycles. The molecule has 1 aliphatic heterocycles. The van der Waals surface area contributed by atoms with Gasteiger partial charge in [0, 0.05) is 38.4 Å². The summed E-state index contributed by atoms with van der Waals surface area (Å²) < 4.78 is 5.48. The highest BCUT2D eigenvalue weighted by Crippen LogP contribution is 2.28. The lowest BCUT2D eigenvalue weighted by Gasteiger charge is -2.34. The summed E-state index contributed by atoms with van der Waals surface area (Å²) in [7, 11) is 0. The van der Waals surface area contributed by atoms with Crippen molar-refractivity contribution in [3.63, 3.8) is 0 Å². The van der Waals surface area contributed by atoms with Gasteiger partial charge in [0.25, 0.3) is 0 Å². The summed E-state index contributed by atoms with van der Waals surface area (Å²) in [6, 6.07) is 14.6. The van der Waals surface area contributed by atoms with Crippen LogP contribution in [-0.2, 0) is 14.9 Å². The Morgan fingerprint density at radius 3 is 2.61 bits per heavy atom. The fourth-order valence-electron chi connectivity index (χ4n) is 3.68. The quantitative estimate of drug-likeness (QED) is 0.762.